The van der Waals surface area contributed by atoms with Crippen molar-refractivity contribution in [2.75, 3.05) is 19.7 Å². The largest absolute Gasteiger partial charge is 0.481 e. The first-order valence-corrected chi connectivity index (χ1v) is 6.01. The monoisotopic (exact) mass is 274 g/mol. The van der Waals surface area contributed by atoms with Gasteiger partial charge in [0.15, 0.2) is 0 Å². The van der Waals surface area contributed by atoms with Gasteiger partial charge in [-0.2, -0.15) is 0 Å². The molecule has 8 nitrogen and oxygen atoms in total. The van der Waals surface area contributed by atoms with Crippen molar-refractivity contribution in [1.82, 2.24) is 10.2 Å². The van der Waals surface area contributed by atoms with Crippen LogP contribution in [0.4, 0.5) is 4.79 Å². The van der Waals surface area contributed by atoms with Gasteiger partial charge >= 0.3 is 18.0 Å². The van der Waals surface area contributed by atoms with Crippen LogP contribution in [0.1, 0.15) is 19.8 Å². The van der Waals surface area contributed by atoms with Crippen molar-refractivity contribution in [3.8, 4) is 0 Å². The number of ether oxygens (including phenoxy) is 1. The number of amides is 2. The van der Waals surface area contributed by atoms with Crippen LogP contribution >= 0.6 is 0 Å². The zero-order valence-corrected chi connectivity index (χ0v) is 10.7. The number of carboxylic acid groups (broad SMARTS) is 2. The van der Waals surface area contributed by atoms with Crippen LogP contribution in [0.25, 0.3) is 0 Å². The molecule has 2 amide bonds. The second-order valence-corrected chi connectivity index (χ2v) is 4.42. The first-order valence-electron chi connectivity index (χ1n) is 6.01. The fraction of sp³-hybridized carbons (Fsp3) is 0.727. The fourth-order valence-electron chi connectivity index (χ4n) is 1.79. The summed E-state index contributed by atoms with van der Waals surface area (Å²) in [5.41, 5.74) is 0. The highest BCUT2D eigenvalue weighted by Gasteiger charge is 2.27. The lowest BCUT2D eigenvalue weighted by Gasteiger charge is -2.24. The first-order chi connectivity index (χ1) is 8.90. The summed E-state index contributed by atoms with van der Waals surface area (Å²) in [6, 6.07) is -2.00. The van der Waals surface area contributed by atoms with Crippen molar-refractivity contribution in [2.24, 2.45) is 0 Å². The highest BCUT2D eigenvalue weighted by molar-refractivity contribution is 5.86. The number of hydrogen-bond acceptors (Lipinski definition) is 4. The normalized spacial score (nSPS) is 21.3. The van der Waals surface area contributed by atoms with E-state index in [1.54, 1.807) is 0 Å². The van der Waals surface area contributed by atoms with E-state index in [2.05, 4.69) is 5.32 Å². The summed E-state index contributed by atoms with van der Waals surface area (Å²) in [5, 5.41) is 19.7. The lowest BCUT2D eigenvalue weighted by atomic mass is 10.2. The molecule has 1 saturated heterocycles. The van der Waals surface area contributed by atoms with Gasteiger partial charge in [0.2, 0.25) is 0 Å². The Morgan fingerprint density at radius 1 is 1.42 bits per heavy atom. The summed E-state index contributed by atoms with van der Waals surface area (Å²) < 4.78 is 5.37. The zero-order chi connectivity index (χ0) is 14.4. The molecule has 1 unspecified atom stereocenters. The van der Waals surface area contributed by atoms with Crippen molar-refractivity contribution in [3.05, 3.63) is 0 Å². The topological polar surface area (TPSA) is 116 Å². The highest BCUT2D eigenvalue weighted by Crippen LogP contribution is 2.06. The number of carboxylic acids is 2. The molecule has 1 heterocycles. The van der Waals surface area contributed by atoms with Crippen LogP contribution in [-0.2, 0) is 14.3 Å². The Morgan fingerprint density at radius 2 is 2.11 bits per heavy atom. The Morgan fingerprint density at radius 3 is 2.68 bits per heavy atom. The fourth-order valence-corrected chi connectivity index (χ4v) is 1.79. The van der Waals surface area contributed by atoms with Crippen LogP contribution < -0.4 is 5.32 Å². The van der Waals surface area contributed by atoms with Crippen molar-refractivity contribution < 1.29 is 29.3 Å². The minimum Gasteiger partial charge on any atom is -0.481 e. The molecule has 3 N–H and O–H groups in total. The van der Waals surface area contributed by atoms with Gasteiger partial charge in [-0.15, -0.1) is 0 Å². The van der Waals surface area contributed by atoms with Crippen LogP contribution in [0.2, 0.25) is 0 Å². The van der Waals surface area contributed by atoms with E-state index in [-0.39, 0.29) is 6.10 Å². The maximum Gasteiger partial charge on any atom is 0.326 e. The molecule has 1 rings (SSSR count). The molecule has 1 fully saturated rings. The molecule has 1 aliphatic rings. The molecular weight excluding hydrogens is 256 g/mol. The molecule has 2 atom stereocenters. The van der Waals surface area contributed by atoms with E-state index in [0.717, 1.165) is 0 Å². The molecule has 108 valence electrons. The number of nitrogens with zero attached hydrogens (tertiary/aromatic N) is 1. The van der Waals surface area contributed by atoms with E-state index in [1.807, 2.05) is 6.92 Å². The van der Waals surface area contributed by atoms with Gasteiger partial charge < -0.3 is 25.2 Å². The molecular formula is C11H18N2O6. The van der Waals surface area contributed by atoms with Gasteiger partial charge in [-0.05, 0) is 13.3 Å². The van der Waals surface area contributed by atoms with E-state index >= 15 is 0 Å². The van der Waals surface area contributed by atoms with E-state index in [4.69, 9.17) is 14.9 Å². The third-order valence-corrected chi connectivity index (χ3v) is 2.71. The Kier molecular flexibility index (Phi) is 5.56. The quantitative estimate of drug-likeness (QED) is 0.650. The SMILES string of the molecule is CC1CN(C(=O)N[C@@H](CC(=O)O)C(=O)O)CCCO1. The first kappa shape index (κ1) is 15.2. The summed E-state index contributed by atoms with van der Waals surface area (Å²) in [7, 11) is 0. The van der Waals surface area contributed by atoms with Crippen molar-refractivity contribution in [2.45, 2.75) is 31.9 Å². The Hall–Kier alpha value is -1.83. The second kappa shape index (κ2) is 6.93. The van der Waals surface area contributed by atoms with E-state index in [9.17, 15) is 14.4 Å². The van der Waals surface area contributed by atoms with Crippen molar-refractivity contribution in [3.63, 3.8) is 0 Å². The molecule has 0 aromatic rings. The number of nitrogens with one attached hydrogen (secondary N) is 1. The number of hydrogen-bond donors (Lipinski definition) is 3. The predicted octanol–water partition coefficient (Wildman–Crippen LogP) is -0.265. The summed E-state index contributed by atoms with van der Waals surface area (Å²) in [6.45, 7) is 3.17. The van der Waals surface area contributed by atoms with Crippen molar-refractivity contribution in [1.29, 1.82) is 0 Å². The molecule has 0 aliphatic carbocycles. The standard InChI is InChI=1S/C11H18N2O6/c1-7-6-13(3-2-4-19-7)11(18)12-8(10(16)17)5-9(14)15/h7-8H,2-6H2,1H3,(H,12,18)(H,14,15)(H,16,17)/t7?,8-/m0/s1. The number of carbonyl (C=O) groups is 3. The average molecular weight is 274 g/mol. The lowest BCUT2D eigenvalue weighted by molar-refractivity contribution is -0.145. The minimum absolute atomic E-state index is 0.129. The van der Waals surface area contributed by atoms with Gasteiger partial charge in [0.05, 0.1) is 12.5 Å². The number of urea groups is 1. The van der Waals surface area contributed by atoms with Crippen LogP contribution in [0, 0.1) is 0 Å². The Balaban J connectivity index is 2.59. The van der Waals surface area contributed by atoms with Crippen LogP contribution in [0.15, 0.2) is 0 Å². The van der Waals surface area contributed by atoms with E-state index in [0.29, 0.717) is 26.1 Å². The summed E-state index contributed by atoms with van der Waals surface area (Å²) in [6.07, 6.45) is -0.119. The zero-order valence-electron chi connectivity index (χ0n) is 10.7. The number of aliphatic carboxylic acids is 2. The van der Waals surface area contributed by atoms with Crippen molar-refractivity contribution >= 4 is 18.0 Å². The predicted molar refractivity (Wildman–Crippen MR) is 63.8 cm³/mol. The molecule has 0 aromatic carbocycles. The van der Waals surface area contributed by atoms with Gasteiger partial charge in [-0.3, -0.25) is 4.79 Å². The molecule has 19 heavy (non-hydrogen) atoms. The van der Waals surface area contributed by atoms with Gasteiger partial charge in [0.1, 0.15) is 6.04 Å². The summed E-state index contributed by atoms with van der Waals surface area (Å²) >= 11 is 0. The molecule has 0 bridgehead atoms. The van der Waals surface area contributed by atoms with E-state index in [1.165, 1.54) is 4.90 Å². The maximum absolute atomic E-state index is 11.9. The number of carbonyl (C=O) groups excluding carboxylic acids is 1. The number of rotatable bonds is 4. The average Bonchev–Trinajstić information content (AvgIpc) is 2.52. The van der Waals surface area contributed by atoms with Gasteiger partial charge in [0, 0.05) is 19.7 Å². The Bertz CT molecular complexity index is 359. The highest BCUT2D eigenvalue weighted by atomic mass is 16.5. The van der Waals surface area contributed by atoms with Crippen LogP contribution in [0.5, 0.6) is 0 Å². The third-order valence-electron chi connectivity index (χ3n) is 2.71. The molecule has 0 radical (unpaired) electrons. The van der Waals surface area contributed by atoms with Gasteiger partial charge in [-0.1, -0.05) is 0 Å². The molecule has 1 aliphatic heterocycles. The Labute approximate surface area is 110 Å². The van der Waals surface area contributed by atoms with E-state index < -0.39 is 30.4 Å². The van der Waals surface area contributed by atoms with Crippen LogP contribution in [-0.4, -0.2) is 64.9 Å². The maximum atomic E-state index is 11.9. The van der Waals surface area contributed by atoms with Crippen LogP contribution in [0.3, 0.4) is 0 Å². The summed E-state index contributed by atoms with van der Waals surface area (Å²) in [4.78, 5) is 34.7. The molecule has 0 aromatic heterocycles. The summed E-state index contributed by atoms with van der Waals surface area (Å²) in [5.74, 6) is -2.64. The second-order valence-electron chi connectivity index (χ2n) is 4.42. The molecule has 0 saturated carbocycles. The minimum atomic E-state index is -1.43. The molecule has 0 spiro atoms. The van der Waals surface area contributed by atoms with Gasteiger partial charge in [0.25, 0.3) is 0 Å². The third kappa shape index (κ3) is 5.12. The smallest absolute Gasteiger partial charge is 0.326 e. The van der Waals surface area contributed by atoms with Gasteiger partial charge in [-0.25, -0.2) is 9.59 Å². The lowest BCUT2D eigenvalue weighted by Crippen LogP contribution is -2.50. The molecule has 8 heteroatoms.